The van der Waals surface area contributed by atoms with Gasteiger partial charge in [0.2, 0.25) is 25.9 Å². The van der Waals surface area contributed by atoms with E-state index in [9.17, 15) is 9.59 Å². The number of carbonyl (C=O) groups is 2. The van der Waals surface area contributed by atoms with Gasteiger partial charge in [0.05, 0.1) is 58.1 Å². The Morgan fingerprint density at radius 1 is 0.616 bits per heavy atom. The second-order valence-electron chi connectivity index (χ2n) is 22.4. The molecule has 0 saturated carbocycles. The molecule has 3 N–H and O–H groups in total. The molecule has 0 radical (unpaired) electrons. The molecule has 2 atom stereocenters. The molecule has 1 fully saturated rings. The number of pyridine rings is 1. The number of ether oxygens (including phenoxy) is 6. The fourth-order valence-electron chi connectivity index (χ4n) is 9.67. The van der Waals surface area contributed by atoms with Crippen molar-refractivity contribution in [2.45, 2.75) is 101 Å². The van der Waals surface area contributed by atoms with Gasteiger partial charge in [-0.05, 0) is 141 Å². The van der Waals surface area contributed by atoms with Gasteiger partial charge in [0.25, 0.3) is 0 Å². The van der Waals surface area contributed by atoms with Gasteiger partial charge in [0, 0.05) is 43.7 Å². The van der Waals surface area contributed by atoms with E-state index in [0.717, 1.165) is 11.1 Å². The molecule has 86 heavy (non-hydrogen) atoms. The quantitative estimate of drug-likeness (QED) is 0.0605. The summed E-state index contributed by atoms with van der Waals surface area (Å²) < 4.78 is 102. The summed E-state index contributed by atoms with van der Waals surface area (Å²) in [5.74, 6) is 2.61. The minimum absolute atomic E-state index is 0.0654. The predicted octanol–water partition coefficient (Wildman–Crippen LogP) is 9.43. The van der Waals surface area contributed by atoms with Crippen molar-refractivity contribution in [2.75, 3.05) is 46.8 Å². The number of likely N-dealkylation sites (tertiary alicyclic amines) is 1. The fourth-order valence-corrected chi connectivity index (χ4v) is 13.4. The Kier molecular flexibility index (Phi) is 18.5. The zero-order valence-electron chi connectivity index (χ0n) is 49.5. The molecule has 2 aromatic heterocycles. The number of amides is 2. The lowest BCUT2D eigenvalue weighted by Gasteiger charge is -2.27. The topological polar surface area (TPSA) is 257 Å². The van der Waals surface area contributed by atoms with Crippen molar-refractivity contribution in [1.29, 1.82) is 0 Å². The molecule has 0 spiro atoms. The summed E-state index contributed by atoms with van der Waals surface area (Å²) in [6, 6.07) is 37.9. The third kappa shape index (κ3) is 15.0. The maximum Gasteiger partial charge on any atom is 0.410 e. The summed E-state index contributed by atoms with van der Waals surface area (Å²) in [5, 5.41) is 20.7. The first-order valence-corrected chi connectivity index (χ1v) is 30.5. The number of anilines is 1. The van der Waals surface area contributed by atoms with Crippen molar-refractivity contribution in [3.63, 3.8) is 0 Å². The van der Waals surface area contributed by atoms with Gasteiger partial charge >= 0.3 is 12.2 Å². The normalized spacial score (nSPS) is 14.7. The minimum atomic E-state index is -5.14. The van der Waals surface area contributed by atoms with Crippen molar-refractivity contribution < 1.29 is 54.8 Å². The van der Waals surface area contributed by atoms with E-state index >= 15 is 16.8 Å². The molecule has 22 nitrogen and oxygen atoms in total. The van der Waals surface area contributed by atoms with Crippen molar-refractivity contribution in [2.24, 2.45) is 0 Å². The molecule has 0 unspecified atom stereocenters. The SMILES string of the molecule is COc1ccc(CNc2ccc3cccc(-c4ccc(S(=O)(=O)N[C@@H]5CN(C(=O)OC(C)(C)C)C[C@@H]5NC(=O)OC(C)(C)C)c(S(=O)(=O)N(Cc5ccc(OC)cc5)Cc5ccc(OC)cc5)c4-c4nnn(Cc5ccc(OC)cc5)n4)c3n2)cc1. The lowest BCUT2D eigenvalue weighted by molar-refractivity contribution is 0.0281. The number of rotatable bonds is 21. The number of nitrogens with one attached hydrogen (secondary N) is 3. The molecular formula is C62H70N10O12S2. The molecule has 1 aliphatic rings. The third-order valence-electron chi connectivity index (χ3n) is 13.8. The number of alkyl carbamates (subject to hydrolysis) is 1. The van der Waals surface area contributed by atoms with E-state index in [1.807, 2.05) is 54.6 Å². The number of carbonyl (C=O) groups excluding carboxylic acids is 2. The largest absolute Gasteiger partial charge is 0.497 e. The van der Waals surface area contributed by atoms with Gasteiger partial charge in [-0.2, -0.15) is 9.10 Å². The average molecular weight is 1210 g/mol. The number of benzene rings is 6. The molecule has 1 aliphatic heterocycles. The number of sulfonamides is 2. The van der Waals surface area contributed by atoms with Crippen LogP contribution in [-0.2, 0) is 55.7 Å². The van der Waals surface area contributed by atoms with Gasteiger partial charge in [-0.25, -0.2) is 36.1 Å². The molecule has 6 aromatic carbocycles. The fraction of sp³-hybridized carbons (Fsp3) is 0.323. The summed E-state index contributed by atoms with van der Waals surface area (Å²) in [6.07, 6.45) is -1.66. The molecule has 0 aliphatic carbocycles. The van der Waals surface area contributed by atoms with Crippen LogP contribution < -0.4 is 34.3 Å². The van der Waals surface area contributed by atoms with Crippen molar-refractivity contribution in [3.05, 3.63) is 162 Å². The van der Waals surface area contributed by atoms with Crippen LogP contribution in [0.15, 0.2) is 149 Å². The summed E-state index contributed by atoms with van der Waals surface area (Å²) in [4.78, 5) is 33.5. The second-order valence-corrected chi connectivity index (χ2v) is 26.0. The maximum absolute atomic E-state index is 16.7. The Morgan fingerprint density at radius 3 is 1.70 bits per heavy atom. The van der Waals surface area contributed by atoms with E-state index in [0.29, 0.717) is 63.0 Å². The summed E-state index contributed by atoms with van der Waals surface area (Å²) in [7, 11) is -4.05. The number of nitrogens with zero attached hydrogens (tertiary/aromatic N) is 7. The second kappa shape index (κ2) is 25.8. The number of hydrogen-bond acceptors (Lipinski definition) is 17. The molecule has 3 heterocycles. The molecular weight excluding hydrogens is 1140 g/mol. The minimum Gasteiger partial charge on any atom is -0.497 e. The smallest absolute Gasteiger partial charge is 0.410 e. The first-order chi connectivity index (χ1) is 40.9. The zero-order chi connectivity index (χ0) is 61.6. The summed E-state index contributed by atoms with van der Waals surface area (Å²) >= 11 is 0. The monoisotopic (exact) mass is 1210 g/mol. The van der Waals surface area contributed by atoms with E-state index in [1.54, 1.807) is 129 Å². The van der Waals surface area contributed by atoms with Crippen molar-refractivity contribution >= 4 is 49.0 Å². The molecule has 8 aromatic rings. The number of aromatic nitrogens is 5. The highest BCUT2D eigenvalue weighted by Gasteiger charge is 2.44. The summed E-state index contributed by atoms with van der Waals surface area (Å²) in [5.41, 5.74) is 1.65. The van der Waals surface area contributed by atoms with E-state index in [4.69, 9.17) is 38.5 Å². The van der Waals surface area contributed by atoms with Crippen LogP contribution in [0.5, 0.6) is 23.0 Å². The number of hydrogen-bond donors (Lipinski definition) is 3. The Balaban J connectivity index is 1.28. The average Bonchev–Trinajstić information content (AvgIpc) is 0.987. The Bertz CT molecular complexity index is 3880. The number of fused-ring (bicyclic) bond motifs is 1. The van der Waals surface area contributed by atoms with Crippen LogP contribution in [0.4, 0.5) is 15.4 Å². The highest BCUT2D eigenvalue weighted by molar-refractivity contribution is 7.92. The number of tetrazole rings is 1. The van der Waals surface area contributed by atoms with E-state index < -0.39 is 65.3 Å². The lowest BCUT2D eigenvalue weighted by atomic mass is 9.96. The maximum atomic E-state index is 16.7. The van der Waals surface area contributed by atoms with E-state index in [2.05, 4.69) is 25.7 Å². The van der Waals surface area contributed by atoms with Crippen LogP contribution in [0, 0.1) is 0 Å². The van der Waals surface area contributed by atoms with Gasteiger partial charge in [-0.3, -0.25) is 0 Å². The Labute approximate surface area is 500 Å². The predicted molar refractivity (Wildman–Crippen MR) is 324 cm³/mol. The molecule has 24 heteroatoms. The Hall–Kier alpha value is -8.84. The van der Waals surface area contributed by atoms with Crippen LogP contribution in [0.1, 0.15) is 63.8 Å². The van der Waals surface area contributed by atoms with E-state index in [1.165, 1.54) is 40.4 Å². The lowest BCUT2D eigenvalue weighted by Crippen LogP contribution is -2.51. The molecule has 452 valence electrons. The van der Waals surface area contributed by atoms with Crippen molar-refractivity contribution in [1.82, 2.24) is 44.4 Å². The van der Waals surface area contributed by atoms with Crippen LogP contribution in [0.2, 0.25) is 0 Å². The van der Waals surface area contributed by atoms with Crippen LogP contribution in [-0.4, -0.2) is 128 Å². The van der Waals surface area contributed by atoms with E-state index in [-0.39, 0.29) is 49.7 Å². The van der Waals surface area contributed by atoms with Gasteiger partial charge in [-0.15, -0.1) is 10.2 Å². The number of methoxy groups -OCH3 is 4. The molecule has 9 rings (SSSR count). The van der Waals surface area contributed by atoms with Crippen molar-refractivity contribution in [3.8, 4) is 45.5 Å². The highest BCUT2D eigenvalue weighted by Crippen LogP contribution is 2.43. The Morgan fingerprint density at radius 2 is 1.15 bits per heavy atom. The van der Waals surface area contributed by atoms with Gasteiger partial charge in [0.15, 0.2) is 0 Å². The molecule has 2 amide bonds. The van der Waals surface area contributed by atoms with Gasteiger partial charge < -0.3 is 44.0 Å². The molecule has 0 bridgehead atoms. The first-order valence-electron chi connectivity index (χ1n) is 27.5. The van der Waals surface area contributed by atoms with Gasteiger partial charge in [0.1, 0.15) is 49.8 Å². The van der Waals surface area contributed by atoms with Crippen LogP contribution in [0.25, 0.3) is 33.4 Å². The first kappa shape index (κ1) is 61.7. The summed E-state index contributed by atoms with van der Waals surface area (Å²) in [6.45, 7) is 9.47. The van der Waals surface area contributed by atoms with Gasteiger partial charge in [-0.1, -0.05) is 72.8 Å². The zero-order valence-corrected chi connectivity index (χ0v) is 51.2. The standard InChI is InChI=1S/C62H70N10O12S2/c1-61(2,3)83-59(73)64-51-38-70(60(74)84-62(4,5)6)39-52(51)68-85(75,76)53-32-31-49(50-13-11-12-44-22-33-54(65-56(44)50)63-34-40-14-23-45(79-7)24-15-40)55(58-66-69-72(67-58)37-43-20-29-48(82-10)30-21-43)57(53)86(77,78)71(35-41-16-25-46(80-8)26-17-41)36-42-18-27-47(81-9)28-19-42/h11-33,51-52,68H,34-39H2,1-10H3,(H,63,65)(H,64,73)/t51-,52+/m0/s1. The highest BCUT2D eigenvalue weighted by atomic mass is 32.2. The number of para-hydroxylation sites is 1. The van der Waals surface area contributed by atoms with Crippen LogP contribution >= 0.6 is 0 Å². The third-order valence-corrected chi connectivity index (χ3v) is 17.4. The molecule has 1 saturated heterocycles. The van der Waals surface area contributed by atoms with Crippen LogP contribution in [0.3, 0.4) is 0 Å².